The Kier molecular flexibility index (Phi) is 8.14. The number of ether oxygens (including phenoxy) is 1. The summed E-state index contributed by atoms with van der Waals surface area (Å²) >= 11 is 0. The molecule has 29 heavy (non-hydrogen) atoms. The summed E-state index contributed by atoms with van der Waals surface area (Å²) in [5.74, 6) is 0.0968. The van der Waals surface area contributed by atoms with Crippen LogP contribution in [0.25, 0.3) is 17.1 Å². The average Bonchev–Trinajstić information content (AvgIpc) is 2.69. The molecule has 0 aliphatic rings. The van der Waals surface area contributed by atoms with Crippen LogP contribution in [0.15, 0.2) is 29.3 Å². The number of fused-ring (bicyclic) bond motifs is 1. The highest BCUT2D eigenvalue weighted by molar-refractivity contribution is 5.86. The third-order valence-corrected chi connectivity index (χ3v) is 5.14. The number of carbonyl (C=O) groups excluding carboxylic acids is 1. The average molecular weight is 400 g/mol. The van der Waals surface area contributed by atoms with Gasteiger partial charge in [-0.3, -0.25) is 9.36 Å². The van der Waals surface area contributed by atoms with Gasteiger partial charge in [0.05, 0.1) is 10.9 Å². The molecule has 0 fully saturated rings. The molecule has 0 spiro atoms. The highest BCUT2D eigenvalue weighted by Gasteiger charge is 2.14. The quantitative estimate of drug-likeness (QED) is 0.471. The lowest BCUT2D eigenvalue weighted by Crippen LogP contribution is -2.27. The number of hydrogen-bond donors (Lipinski definition) is 0. The van der Waals surface area contributed by atoms with Crippen LogP contribution in [-0.4, -0.2) is 46.7 Å². The van der Waals surface area contributed by atoms with Crippen molar-refractivity contribution >= 4 is 23.1 Å². The summed E-state index contributed by atoms with van der Waals surface area (Å²) in [5.41, 5.74) is 2.71. The first-order chi connectivity index (χ1) is 13.8. The first-order valence-electron chi connectivity index (χ1n) is 10.4. The van der Waals surface area contributed by atoms with Gasteiger partial charge in [-0.1, -0.05) is 47.6 Å². The summed E-state index contributed by atoms with van der Waals surface area (Å²) < 4.78 is 6.56. The molecule has 0 bridgehead atoms. The van der Waals surface area contributed by atoms with Crippen LogP contribution in [0.1, 0.15) is 64.5 Å². The van der Waals surface area contributed by atoms with Crippen LogP contribution in [-0.2, 0) is 9.53 Å². The van der Waals surface area contributed by atoms with Crippen molar-refractivity contribution in [1.82, 2.24) is 14.5 Å². The van der Waals surface area contributed by atoms with E-state index in [9.17, 15) is 9.59 Å². The SMILES string of the molecule is CCN(CC)CCOC(=O)C=Cn1cnc2c(C(C)C)cc(C(C)C)cc2c1=O. The topological polar surface area (TPSA) is 64.4 Å². The van der Waals surface area contributed by atoms with E-state index < -0.39 is 5.97 Å². The van der Waals surface area contributed by atoms with Gasteiger partial charge >= 0.3 is 5.97 Å². The van der Waals surface area contributed by atoms with Crippen LogP contribution in [0.2, 0.25) is 0 Å². The maximum Gasteiger partial charge on any atom is 0.332 e. The molecular formula is C23H33N3O3. The number of carbonyl (C=O) groups is 1. The van der Waals surface area contributed by atoms with E-state index in [0.717, 1.165) is 29.7 Å². The normalized spacial score (nSPS) is 12.0. The number of likely N-dealkylation sites (N-methyl/N-ethyl adjacent to an activating group) is 1. The van der Waals surface area contributed by atoms with Gasteiger partial charge in [-0.25, -0.2) is 9.78 Å². The van der Waals surface area contributed by atoms with E-state index in [1.807, 2.05) is 6.07 Å². The lowest BCUT2D eigenvalue weighted by atomic mass is 9.93. The molecule has 0 N–H and O–H groups in total. The minimum absolute atomic E-state index is 0.188. The van der Waals surface area contributed by atoms with Gasteiger partial charge in [0.25, 0.3) is 5.56 Å². The zero-order valence-electron chi connectivity index (χ0n) is 18.4. The summed E-state index contributed by atoms with van der Waals surface area (Å²) in [5, 5.41) is 0.571. The Hall–Kier alpha value is -2.47. The van der Waals surface area contributed by atoms with Crippen molar-refractivity contribution < 1.29 is 9.53 Å². The third-order valence-electron chi connectivity index (χ3n) is 5.14. The molecule has 2 aromatic rings. The van der Waals surface area contributed by atoms with Gasteiger partial charge < -0.3 is 9.64 Å². The molecule has 0 saturated heterocycles. The Balaban J connectivity index is 2.26. The zero-order chi connectivity index (χ0) is 21.6. The predicted octanol–water partition coefficient (Wildman–Crippen LogP) is 4.00. The second kappa shape index (κ2) is 10.3. The first kappa shape index (κ1) is 22.8. The highest BCUT2D eigenvalue weighted by atomic mass is 16.5. The first-order valence-corrected chi connectivity index (χ1v) is 10.4. The van der Waals surface area contributed by atoms with E-state index in [0.29, 0.717) is 24.5 Å². The fourth-order valence-electron chi connectivity index (χ4n) is 3.18. The summed E-state index contributed by atoms with van der Waals surface area (Å²) in [4.78, 5) is 31.6. The Morgan fingerprint density at radius 3 is 2.45 bits per heavy atom. The van der Waals surface area contributed by atoms with E-state index in [2.05, 4.69) is 57.5 Å². The molecule has 6 heteroatoms. The maximum absolute atomic E-state index is 13.0. The molecule has 0 atom stereocenters. The van der Waals surface area contributed by atoms with Crippen molar-refractivity contribution in [3.8, 4) is 0 Å². The minimum Gasteiger partial charge on any atom is -0.461 e. The van der Waals surface area contributed by atoms with Crippen LogP contribution in [0, 0.1) is 0 Å². The molecule has 1 heterocycles. The van der Waals surface area contributed by atoms with Gasteiger partial charge in [-0.15, -0.1) is 0 Å². The fourth-order valence-corrected chi connectivity index (χ4v) is 3.18. The lowest BCUT2D eigenvalue weighted by Gasteiger charge is -2.17. The largest absolute Gasteiger partial charge is 0.461 e. The van der Waals surface area contributed by atoms with Gasteiger partial charge in [0.15, 0.2) is 0 Å². The molecule has 0 aliphatic carbocycles. The molecule has 158 valence electrons. The number of nitrogens with zero attached hydrogens (tertiary/aromatic N) is 3. The number of rotatable bonds is 9. The molecule has 1 aromatic carbocycles. The van der Waals surface area contributed by atoms with E-state index in [4.69, 9.17) is 4.74 Å². The van der Waals surface area contributed by atoms with Crippen LogP contribution < -0.4 is 5.56 Å². The van der Waals surface area contributed by atoms with Gasteiger partial charge in [-0.2, -0.15) is 0 Å². The smallest absolute Gasteiger partial charge is 0.332 e. The van der Waals surface area contributed by atoms with Gasteiger partial charge in [0, 0.05) is 18.8 Å². The number of aromatic nitrogens is 2. The predicted molar refractivity (Wildman–Crippen MR) is 118 cm³/mol. The second-order valence-electron chi connectivity index (χ2n) is 7.78. The van der Waals surface area contributed by atoms with Gasteiger partial charge in [0.2, 0.25) is 0 Å². The van der Waals surface area contributed by atoms with E-state index >= 15 is 0 Å². The molecule has 0 unspecified atom stereocenters. The van der Waals surface area contributed by atoms with Crippen LogP contribution in [0.4, 0.5) is 0 Å². The molecule has 0 saturated carbocycles. The van der Waals surface area contributed by atoms with Crippen molar-refractivity contribution in [3.63, 3.8) is 0 Å². The van der Waals surface area contributed by atoms with E-state index in [-0.39, 0.29) is 11.5 Å². The number of hydrogen-bond acceptors (Lipinski definition) is 5. The zero-order valence-corrected chi connectivity index (χ0v) is 18.4. The van der Waals surface area contributed by atoms with Gasteiger partial charge in [-0.05, 0) is 42.1 Å². The molecule has 2 rings (SSSR count). The number of esters is 1. The third kappa shape index (κ3) is 5.76. The summed E-state index contributed by atoms with van der Waals surface area (Å²) in [6.45, 7) is 15.4. The lowest BCUT2D eigenvalue weighted by molar-refractivity contribution is -0.138. The summed E-state index contributed by atoms with van der Waals surface area (Å²) in [7, 11) is 0. The molecule has 0 aliphatic heterocycles. The van der Waals surface area contributed by atoms with Crippen molar-refractivity contribution in [1.29, 1.82) is 0 Å². The minimum atomic E-state index is -0.469. The van der Waals surface area contributed by atoms with Crippen molar-refractivity contribution in [2.45, 2.75) is 53.4 Å². The molecule has 0 amide bonds. The van der Waals surface area contributed by atoms with Crippen molar-refractivity contribution in [2.75, 3.05) is 26.2 Å². The van der Waals surface area contributed by atoms with Crippen molar-refractivity contribution in [3.05, 3.63) is 46.0 Å². The van der Waals surface area contributed by atoms with E-state index in [1.165, 1.54) is 23.2 Å². The Labute approximate surface area is 173 Å². The van der Waals surface area contributed by atoms with Gasteiger partial charge in [0.1, 0.15) is 12.9 Å². The van der Waals surface area contributed by atoms with E-state index in [1.54, 1.807) is 0 Å². The van der Waals surface area contributed by atoms with Crippen LogP contribution in [0.3, 0.4) is 0 Å². The Bertz CT molecular complexity index is 925. The van der Waals surface area contributed by atoms with Crippen LogP contribution >= 0.6 is 0 Å². The standard InChI is InChI=1S/C23H33N3O3/c1-7-25(8-2)11-12-29-21(27)9-10-26-15-24-22-19(17(5)6)13-18(16(3)4)14-20(22)23(26)28/h9-10,13-17H,7-8,11-12H2,1-6H3. The summed E-state index contributed by atoms with van der Waals surface area (Å²) in [6, 6.07) is 4.05. The fraction of sp³-hybridized carbons (Fsp3) is 0.522. The van der Waals surface area contributed by atoms with Crippen molar-refractivity contribution in [2.24, 2.45) is 0 Å². The second-order valence-corrected chi connectivity index (χ2v) is 7.78. The molecule has 6 nitrogen and oxygen atoms in total. The maximum atomic E-state index is 13.0. The van der Waals surface area contributed by atoms with Crippen LogP contribution in [0.5, 0.6) is 0 Å². The monoisotopic (exact) mass is 399 g/mol. The number of benzene rings is 1. The molecule has 0 radical (unpaired) electrons. The Morgan fingerprint density at radius 1 is 1.17 bits per heavy atom. The summed E-state index contributed by atoms with van der Waals surface area (Å²) in [6.07, 6.45) is 4.16. The highest BCUT2D eigenvalue weighted by Crippen LogP contribution is 2.27. The molecular weight excluding hydrogens is 366 g/mol. The Morgan fingerprint density at radius 2 is 1.86 bits per heavy atom. The molecule has 1 aromatic heterocycles.